The first-order valence-electron chi connectivity index (χ1n) is 3.66. The molecule has 0 bridgehead atoms. The van der Waals surface area contributed by atoms with Crippen molar-refractivity contribution in [2.24, 2.45) is 5.92 Å². The molecular weight excluding hydrogens is 144 g/mol. The van der Waals surface area contributed by atoms with Crippen LogP contribution in [0, 0.1) is 5.92 Å². The Bertz CT molecular complexity index is 174. The minimum Gasteiger partial charge on any atom is -0.469 e. The summed E-state index contributed by atoms with van der Waals surface area (Å²) in [6, 6.07) is 0. The number of allylic oxidation sites excluding steroid dienone is 1. The summed E-state index contributed by atoms with van der Waals surface area (Å²) >= 11 is 0. The molecule has 0 aromatic rings. The summed E-state index contributed by atoms with van der Waals surface area (Å²) in [7, 11) is 1.37. The number of hydrogen-bond donors (Lipinski definition) is 1. The van der Waals surface area contributed by atoms with E-state index in [1.807, 2.05) is 6.08 Å². The van der Waals surface area contributed by atoms with Crippen molar-refractivity contribution in [1.82, 2.24) is 0 Å². The SMILES string of the molecule is COC(=O)[C@H]1CC=C[C@@H](O)C1. The smallest absolute Gasteiger partial charge is 0.309 e. The van der Waals surface area contributed by atoms with Gasteiger partial charge in [-0.25, -0.2) is 0 Å². The van der Waals surface area contributed by atoms with Crippen LogP contribution in [0.2, 0.25) is 0 Å². The van der Waals surface area contributed by atoms with Crippen LogP contribution in [-0.2, 0) is 9.53 Å². The van der Waals surface area contributed by atoms with E-state index in [1.165, 1.54) is 7.11 Å². The number of esters is 1. The van der Waals surface area contributed by atoms with Gasteiger partial charge in [-0.3, -0.25) is 4.79 Å². The van der Waals surface area contributed by atoms with Crippen LogP contribution in [0.5, 0.6) is 0 Å². The minimum absolute atomic E-state index is 0.153. The Morgan fingerprint density at radius 3 is 3.00 bits per heavy atom. The standard InChI is InChI=1S/C8H12O3/c1-11-8(10)6-3-2-4-7(9)5-6/h2,4,6-7,9H,3,5H2,1H3/t6-,7+/m0/s1. The lowest BCUT2D eigenvalue weighted by molar-refractivity contribution is -0.146. The molecule has 11 heavy (non-hydrogen) atoms. The number of carbonyl (C=O) groups is 1. The number of methoxy groups -OCH3 is 1. The Balaban J connectivity index is 2.49. The highest BCUT2D eigenvalue weighted by molar-refractivity contribution is 5.72. The highest BCUT2D eigenvalue weighted by Gasteiger charge is 2.23. The van der Waals surface area contributed by atoms with Crippen LogP contribution in [0.15, 0.2) is 12.2 Å². The average molecular weight is 156 g/mol. The highest BCUT2D eigenvalue weighted by Crippen LogP contribution is 2.19. The number of rotatable bonds is 1. The van der Waals surface area contributed by atoms with Crippen molar-refractivity contribution in [2.75, 3.05) is 7.11 Å². The second-order valence-corrected chi connectivity index (χ2v) is 2.69. The predicted octanol–water partition coefficient (Wildman–Crippen LogP) is 0.486. The molecule has 0 aromatic heterocycles. The number of hydrogen-bond acceptors (Lipinski definition) is 3. The molecule has 1 N–H and O–H groups in total. The number of aliphatic hydroxyl groups is 1. The van der Waals surface area contributed by atoms with Crippen molar-refractivity contribution >= 4 is 5.97 Å². The van der Waals surface area contributed by atoms with Gasteiger partial charge in [0.2, 0.25) is 0 Å². The Hall–Kier alpha value is -0.830. The van der Waals surface area contributed by atoms with Crippen molar-refractivity contribution in [3.8, 4) is 0 Å². The maximum Gasteiger partial charge on any atom is 0.309 e. The molecule has 3 heteroatoms. The summed E-state index contributed by atoms with van der Waals surface area (Å²) < 4.78 is 4.55. The van der Waals surface area contributed by atoms with Gasteiger partial charge in [0.05, 0.1) is 19.1 Å². The molecule has 2 atom stereocenters. The van der Waals surface area contributed by atoms with Crippen molar-refractivity contribution in [2.45, 2.75) is 18.9 Å². The topological polar surface area (TPSA) is 46.5 Å². The lowest BCUT2D eigenvalue weighted by atomic mass is 9.93. The fourth-order valence-corrected chi connectivity index (χ4v) is 1.23. The van der Waals surface area contributed by atoms with Gasteiger partial charge in [0, 0.05) is 0 Å². The van der Waals surface area contributed by atoms with Crippen molar-refractivity contribution in [3.05, 3.63) is 12.2 Å². The summed E-state index contributed by atoms with van der Waals surface area (Å²) in [5, 5.41) is 9.13. The van der Waals surface area contributed by atoms with Gasteiger partial charge in [0.1, 0.15) is 0 Å². The molecule has 0 unspecified atom stereocenters. The fourth-order valence-electron chi connectivity index (χ4n) is 1.23. The van der Waals surface area contributed by atoms with E-state index in [9.17, 15) is 4.79 Å². The molecule has 0 saturated heterocycles. The van der Waals surface area contributed by atoms with Gasteiger partial charge in [-0.2, -0.15) is 0 Å². The van der Waals surface area contributed by atoms with E-state index in [0.717, 1.165) is 0 Å². The molecule has 0 amide bonds. The summed E-state index contributed by atoms with van der Waals surface area (Å²) in [5.41, 5.74) is 0. The second-order valence-electron chi connectivity index (χ2n) is 2.69. The van der Waals surface area contributed by atoms with Gasteiger partial charge in [-0.15, -0.1) is 0 Å². The fraction of sp³-hybridized carbons (Fsp3) is 0.625. The van der Waals surface area contributed by atoms with Crippen LogP contribution in [0.25, 0.3) is 0 Å². The van der Waals surface area contributed by atoms with Gasteiger partial charge >= 0.3 is 5.97 Å². The molecule has 0 aliphatic heterocycles. The summed E-state index contributed by atoms with van der Waals surface area (Å²) in [4.78, 5) is 10.9. The predicted molar refractivity (Wildman–Crippen MR) is 39.9 cm³/mol. The second kappa shape index (κ2) is 3.53. The Morgan fingerprint density at radius 1 is 1.73 bits per heavy atom. The molecule has 62 valence electrons. The van der Waals surface area contributed by atoms with Gasteiger partial charge in [0.25, 0.3) is 0 Å². The van der Waals surface area contributed by atoms with E-state index in [0.29, 0.717) is 12.8 Å². The molecule has 0 radical (unpaired) electrons. The molecule has 0 spiro atoms. The van der Waals surface area contributed by atoms with Crippen LogP contribution in [0.4, 0.5) is 0 Å². The Labute approximate surface area is 65.7 Å². The lowest BCUT2D eigenvalue weighted by Gasteiger charge is -2.18. The molecular formula is C8H12O3. The number of aliphatic hydroxyl groups excluding tert-OH is 1. The third kappa shape index (κ3) is 2.05. The van der Waals surface area contributed by atoms with Crippen molar-refractivity contribution in [1.29, 1.82) is 0 Å². The zero-order valence-electron chi connectivity index (χ0n) is 6.49. The molecule has 0 aromatic carbocycles. The van der Waals surface area contributed by atoms with Crippen LogP contribution in [-0.4, -0.2) is 24.3 Å². The van der Waals surface area contributed by atoms with E-state index >= 15 is 0 Å². The molecule has 0 heterocycles. The largest absolute Gasteiger partial charge is 0.469 e. The van der Waals surface area contributed by atoms with E-state index in [2.05, 4.69) is 4.74 Å². The minimum atomic E-state index is -0.479. The molecule has 3 nitrogen and oxygen atoms in total. The first-order chi connectivity index (χ1) is 5.24. The quantitative estimate of drug-likeness (QED) is 0.444. The zero-order chi connectivity index (χ0) is 8.27. The number of ether oxygens (including phenoxy) is 1. The van der Waals surface area contributed by atoms with Crippen LogP contribution in [0.1, 0.15) is 12.8 Å². The zero-order valence-corrected chi connectivity index (χ0v) is 6.49. The van der Waals surface area contributed by atoms with Gasteiger partial charge in [0.15, 0.2) is 0 Å². The summed E-state index contributed by atoms with van der Waals surface area (Å²) in [6.45, 7) is 0. The third-order valence-electron chi connectivity index (χ3n) is 1.84. The molecule has 1 aliphatic rings. The molecule has 0 fully saturated rings. The summed E-state index contributed by atoms with van der Waals surface area (Å²) in [5.74, 6) is -0.381. The maximum absolute atomic E-state index is 10.9. The third-order valence-corrected chi connectivity index (χ3v) is 1.84. The molecule has 1 aliphatic carbocycles. The van der Waals surface area contributed by atoms with Gasteiger partial charge in [-0.1, -0.05) is 12.2 Å². The first kappa shape index (κ1) is 8.27. The van der Waals surface area contributed by atoms with Crippen LogP contribution >= 0.6 is 0 Å². The van der Waals surface area contributed by atoms with Crippen molar-refractivity contribution < 1.29 is 14.6 Å². The van der Waals surface area contributed by atoms with Crippen molar-refractivity contribution in [3.63, 3.8) is 0 Å². The van der Waals surface area contributed by atoms with Gasteiger partial charge in [-0.05, 0) is 12.8 Å². The highest BCUT2D eigenvalue weighted by atomic mass is 16.5. The lowest BCUT2D eigenvalue weighted by Crippen LogP contribution is -2.23. The Morgan fingerprint density at radius 2 is 2.45 bits per heavy atom. The normalized spacial score (nSPS) is 30.0. The number of carbonyl (C=O) groups excluding carboxylic acids is 1. The van der Waals surface area contributed by atoms with E-state index in [-0.39, 0.29) is 11.9 Å². The van der Waals surface area contributed by atoms with E-state index < -0.39 is 6.10 Å². The molecule has 0 saturated carbocycles. The first-order valence-corrected chi connectivity index (χ1v) is 3.66. The Kier molecular flexibility index (Phi) is 2.65. The van der Waals surface area contributed by atoms with Crippen LogP contribution in [0.3, 0.4) is 0 Å². The van der Waals surface area contributed by atoms with E-state index in [1.54, 1.807) is 6.08 Å². The average Bonchev–Trinajstić information content (AvgIpc) is 2.03. The monoisotopic (exact) mass is 156 g/mol. The van der Waals surface area contributed by atoms with Gasteiger partial charge < -0.3 is 9.84 Å². The van der Waals surface area contributed by atoms with Crippen LogP contribution < -0.4 is 0 Å². The molecule has 1 rings (SSSR count). The summed E-state index contributed by atoms with van der Waals surface area (Å²) in [6.07, 6.45) is 4.22. The maximum atomic E-state index is 10.9. The van der Waals surface area contributed by atoms with E-state index in [4.69, 9.17) is 5.11 Å².